The molecule has 0 saturated carbocycles. The van der Waals surface area contributed by atoms with Gasteiger partial charge in [-0.15, -0.1) is 15.3 Å². The third-order valence-electron chi connectivity index (χ3n) is 5.99. The van der Waals surface area contributed by atoms with Crippen LogP contribution in [0.1, 0.15) is 41.8 Å². The van der Waals surface area contributed by atoms with Gasteiger partial charge in [0.15, 0.2) is 11.5 Å². The lowest BCUT2D eigenvalue weighted by Gasteiger charge is -2.34. The summed E-state index contributed by atoms with van der Waals surface area (Å²) in [4.78, 5) is 2.13. The second-order valence-corrected chi connectivity index (χ2v) is 7.84. The van der Waals surface area contributed by atoms with E-state index in [1.54, 1.807) is 0 Å². The van der Waals surface area contributed by atoms with Crippen LogP contribution in [0.15, 0.2) is 18.2 Å². The van der Waals surface area contributed by atoms with Gasteiger partial charge in [-0.05, 0) is 32.0 Å². The van der Waals surface area contributed by atoms with Crippen molar-refractivity contribution in [1.82, 2.24) is 19.8 Å². The minimum absolute atomic E-state index is 0.110. The Bertz CT molecular complexity index is 1090. The maximum Gasteiger partial charge on any atom is 0.299 e. The Hall–Kier alpha value is -2.97. The predicted molar refractivity (Wildman–Crippen MR) is 107 cm³/mol. The number of nitrogens with zero attached hydrogens (tertiary/aromatic N) is 5. The van der Waals surface area contributed by atoms with Gasteiger partial charge in [-0.3, -0.25) is 0 Å². The quantitative estimate of drug-likeness (QED) is 0.648. The number of alkyl halides is 2. The molecule has 158 valence electrons. The molecule has 1 saturated heterocycles. The maximum absolute atomic E-state index is 13.3. The Morgan fingerprint density at radius 1 is 1.13 bits per heavy atom. The van der Waals surface area contributed by atoms with E-state index >= 15 is 0 Å². The normalized spacial score (nSPS) is 16.9. The van der Waals surface area contributed by atoms with Crippen LogP contribution in [-0.4, -0.2) is 45.6 Å². The Balaban J connectivity index is 1.32. The second kappa shape index (κ2) is 7.37. The first-order chi connectivity index (χ1) is 14.5. The van der Waals surface area contributed by atoms with Crippen LogP contribution in [0.3, 0.4) is 0 Å². The molecule has 2 aromatic heterocycles. The van der Waals surface area contributed by atoms with Gasteiger partial charge in [-0.1, -0.05) is 0 Å². The van der Waals surface area contributed by atoms with Gasteiger partial charge in [0.25, 0.3) is 6.43 Å². The molecule has 2 aliphatic heterocycles. The molecule has 0 radical (unpaired) electrons. The molecule has 30 heavy (non-hydrogen) atoms. The van der Waals surface area contributed by atoms with Crippen LogP contribution in [0.4, 0.5) is 14.6 Å². The molecule has 9 heteroatoms. The van der Waals surface area contributed by atoms with Crippen molar-refractivity contribution in [3.8, 4) is 11.5 Å². The molecule has 0 atom stereocenters. The number of aromatic nitrogens is 4. The summed E-state index contributed by atoms with van der Waals surface area (Å²) in [6, 6.07) is 5.99. The standard InChI is InChI=1S/C21H23F2N5O2/c1-12-13(2)20(26-28-19(12)24-25-21(28)18(22)23)27-8-5-15(6-9-27)30-16-3-4-17-14(11-16)7-10-29-17/h3-4,11,15,18H,5-10H2,1-2H3. The number of rotatable bonds is 4. The fourth-order valence-corrected chi connectivity index (χ4v) is 4.18. The number of hydrogen-bond donors (Lipinski definition) is 0. The van der Waals surface area contributed by atoms with Crippen molar-refractivity contribution in [2.24, 2.45) is 0 Å². The third kappa shape index (κ3) is 3.22. The Kier molecular flexibility index (Phi) is 4.67. The van der Waals surface area contributed by atoms with Gasteiger partial charge in [0.05, 0.1) is 6.61 Å². The van der Waals surface area contributed by atoms with Gasteiger partial charge in [-0.2, -0.15) is 4.52 Å². The largest absolute Gasteiger partial charge is 0.493 e. The number of aryl methyl sites for hydroxylation is 1. The van der Waals surface area contributed by atoms with Crippen LogP contribution in [0, 0.1) is 13.8 Å². The first-order valence-corrected chi connectivity index (χ1v) is 10.2. The molecular weight excluding hydrogens is 392 g/mol. The molecule has 0 bridgehead atoms. The van der Waals surface area contributed by atoms with Crippen molar-refractivity contribution >= 4 is 11.5 Å². The van der Waals surface area contributed by atoms with E-state index in [-0.39, 0.29) is 6.10 Å². The van der Waals surface area contributed by atoms with Gasteiger partial charge < -0.3 is 14.4 Å². The van der Waals surface area contributed by atoms with Crippen molar-refractivity contribution < 1.29 is 18.3 Å². The summed E-state index contributed by atoms with van der Waals surface area (Å²) in [7, 11) is 0. The number of benzene rings is 1. The summed E-state index contributed by atoms with van der Waals surface area (Å²) in [5, 5.41) is 12.0. The molecule has 5 rings (SSSR count). The number of halogens is 2. The number of hydrogen-bond acceptors (Lipinski definition) is 6. The van der Waals surface area contributed by atoms with Crippen molar-refractivity contribution in [2.75, 3.05) is 24.6 Å². The zero-order valence-electron chi connectivity index (χ0n) is 16.9. The molecule has 2 aliphatic rings. The zero-order valence-corrected chi connectivity index (χ0v) is 16.9. The summed E-state index contributed by atoms with van der Waals surface area (Å²) in [6.07, 6.45) is -0.0371. The lowest BCUT2D eigenvalue weighted by atomic mass is 10.1. The highest BCUT2D eigenvalue weighted by Crippen LogP contribution is 2.31. The van der Waals surface area contributed by atoms with Crippen molar-refractivity contribution in [3.63, 3.8) is 0 Å². The summed E-state index contributed by atoms with van der Waals surface area (Å²) in [5.41, 5.74) is 3.33. The SMILES string of the molecule is Cc1c(N2CCC(Oc3ccc4c(c3)CCO4)CC2)nn2c(C(F)F)nnc2c1C. The third-order valence-corrected chi connectivity index (χ3v) is 5.99. The van der Waals surface area contributed by atoms with Crippen molar-refractivity contribution in [2.45, 2.75) is 45.6 Å². The van der Waals surface area contributed by atoms with Gasteiger partial charge >= 0.3 is 0 Å². The van der Waals surface area contributed by atoms with Gasteiger partial charge in [-0.25, -0.2) is 8.78 Å². The first-order valence-electron chi connectivity index (χ1n) is 10.2. The van der Waals surface area contributed by atoms with Crippen LogP contribution in [0.5, 0.6) is 11.5 Å². The molecule has 1 fully saturated rings. The minimum Gasteiger partial charge on any atom is -0.493 e. The molecule has 0 spiro atoms. The number of ether oxygens (including phenoxy) is 2. The van der Waals surface area contributed by atoms with E-state index in [1.165, 1.54) is 10.1 Å². The van der Waals surface area contributed by atoms with Gasteiger partial charge in [0, 0.05) is 49.0 Å². The topological polar surface area (TPSA) is 64.8 Å². The lowest BCUT2D eigenvalue weighted by molar-refractivity contribution is 0.137. The van der Waals surface area contributed by atoms with Crippen LogP contribution in [0.2, 0.25) is 0 Å². The van der Waals surface area contributed by atoms with E-state index in [2.05, 4.69) is 26.3 Å². The highest BCUT2D eigenvalue weighted by atomic mass is 19.3. The number of fused-ring (bicyclic) bond motifs is 2. The van der Waals surface area contributed by atoms with E-state index in [0.717, 1.165) is 61.6 Å². The van der Waals surface area contributed by atoms with E-state index in [9.17, 15) is 8.78 Å². The summed E-state index contributed by atoms with van der Waals surface area (Å²) < 4.78 is 39.5. The van der Waals surface area contributed by atoms with Gasteiger partial charge in [0.1, 0.15) is 17.6 Å². The van der Waals surface area contributed by atoms with E-state index < -0.39 is 12.2 Å². The van der Waals surface area contributed by atoms with E-state index in [0.29, 0.717) is 11.5 Å². The highest BCUT2D eigenvalue weighted by Gasteiger charge is 2.26. The fourth-order valence-electron chi connectivity index (χ4n) is 4.18. The van der Waals surface area contributed by atoms with Crippen molar-refractivity contribution in [1.29, 1.82) is 0 Å². The van der Waals surface area contributed by atoms with Crippen molar-refractivity contribution in [3.05, 3.63) is 40.7 Å². The highest BCUT2D eigenvalue weighted by molar-refractivity contribution is 5.59. The summed E-state index contributed by atoms with van der Waals surface area (Å²) in [5.74, 6) is 2.10. The first kappa shape index (κ1) is 19.0. The summed E-state index contributed by atoms with van der Waals surface area (Å²) >= 11 is 0. The van der Waals surface area contributed by atoms with Gasteiger partial charge in [0.2, 0.25) is 5.82 Å². The minimum atomic E-state index is -2.72. The molecule has 0 N–H and O–H groups in total. The number of anilines is 1. The smallest absolute Gasteiger partial charge is 0.299 e. The average Bonchev–Trinajstić information content (AvgIpc) is 3.38. The Labute approximate surface area is 172 Å². The molecular formula is C21H23F2N5O2. The predicted octanol–water partition coefficient (Wildman–Crippen LogP) is 3.66. The van der Waals surface area contributed by atoms with E-state index in [1.807, 2.05) is 26.0 Å². The molecule has 7 nitrogen and oxygen atoms in total. The molecule has 1 aromatic carbocycles. The van der Waals surface area contributed by atoms with Crippen LogP contribution in [-0.2, 0) is 6.42 Å². The Morgan fingerprint density at radius 2 is 1.93 bits per heavy atom. The molecule has 0 aliphatic carbocycles. The molecule has 0 amide bonds. The molecule has 3 aromatic rings. The Morgan fingerprint density at radius 3 is 2.70 bits per heavy atom. The average molecular weight is 415 g/mol. The number of piperidine rings is 1. The van der Waals surface area contributed by atoms with Crippen LogP contribution >= 0.6 is 0 Å². The van der Waals surface area contributed by atoms with Crippen LogP contribution < -0.4 is 14.4 Å². The second-order valence-electron chi connectivity index (χ2n) is 7.84. The maximum atomic E-state index is 13.3. The summed E-state index contributed by atoms with van der Waals surface area (Å²) in [6.45, 7) is 6.02. The fraction of sp³-hybridized carbons (Fsp3) is 0.476. The molecule has 0 unspecified atom stereocenters. The monoisotopic (exact) mass is 415 g/mol. The van der Waals surface area contributed by atoms with Crippen LogP contribution in [0.25, 0.3) is 5.65 Å². The van der Waals surface area contributed by atoms with E-state index in [4.69, 9.17) is 9.47 Å². The zero-order chi connectivity index (χ0) is 20.8. The molecule has 4 heterocycles. The lowest BCUT2D eigenvalue weighted by Crippen LogP contribution is -2.39.